The van der Waals surface area contributed by atoms with Crippen LogP contribution in [0, 0.1) is 6.92 Å². The number of aryl methyl sites for hydroxylation is 1. The molecule has 10 aromatic rings. The van der Waals surface area contributed by atoms with Crippen LogP contribution in [-0.4, -0.2) is 48.8 Å². The van der Waals surface area contributed by atoms with E-state index >= 15 is 0 Å². The SMILES string of the molecule is [B]c1c([B])c([B])c(-c2ccc3c(-c4ccccc4-n4c(C)nc5ccccc54)c4ccccc4c(-c4cccc5sc6ccccc6c45)c3c2)c([B])c1[B]. The van der Waals surface area contributed by atoms with Gasteiger partial charge in [-0.3, -0.25) is 4.57 Å². The van der Waals surface area contributed by atoms with Gasteiger partial charge in [0, 0.05) is 25.7 Å². The van der Waals surface area contributed by atoms with Crippen LogP contribution in [0.25, 0.3) is 91.8 Å². The number of thiophene rings is 1. The molecule has 0 fully saturated rings. The Labute approximate surface area is 323 Å². The number of nitrogens with zero attached hydrogens (tertiary/aromatic N) is 2. The molecule has 0 bridgehead atoms. The van der Waals surface area contributed by atoms with E-state index in [4.69, 9.17) is 44.2 Å². The first-order valence-electron chi connectivity index (χ1n) is 17.8. The molecule has 240 valence electrons. The third-order valence-electron chi connectivity index (χ3n) is 10.8. The molecule has 0 saturated carbocycles. The number of para-hydroxylation sites is 3. The first-order chi connectivity index (χ1) is 26.3. The molecule has 54 heavy (non-hydrogen) atoms. The molecule has 0 N–H and O–H groups in total. The van der Waals surface area contributed by atoms with Crippen LogP contribution < -0.4 is 27.3 Å². The lowest BCUT2D eigenvalue weighted by Crippen LogP contribution is -2.55. The van der Waals surface area contributed by atoms with Gasteiger partial charge in [-0.25, -0.2) is 4.98 Å². The second-order valence-corrected chi connectivity index (χ2v) is 14.9. The number of benzene rings is 8. The van der Waals surface area contributed by atoms with Crippen molar-refractivity contribution < 1.29 is 0 Å². The highest BCUT2D eigenvalue weighted by Crippen LogP contribution is 2.49. The molecule has 0 aliphatic heterocycles. The zero-order chi connectivity index (χ0) is 36.8. The number of aromatic nitrogens is 2. The van der Waals surface area contributed by atoms with Gasteiger partial charge in [-0.1, -0.05) is 108 Å². The van der Waals surface area contributed by atoms with Crippen LogP contribution >= 0.6 is 11.3 Å². The van der Waals surface area contributed by atoms with Crippen molar-refractivity contribution in [3.05, 3.63) is 139 Å². The van der Waals surface area contributed by atoms with Crippen molar-refractivity contribution >= 4 is 131 Å². The maximum Gasteiger partial charge on any atom is 0.113 e. The number of hydrogen-bond donors (Lipinski definition) is 0. The lowest BCUT2D eigenvalue weighted by molar-refractivity contribution is 1.00. The van der Waals surface area contributed by atoms with Gasteiger partial charge < -0.3 is 0 Å². The van der Waals surface area contributed by atoms with Crippen LogP contribution in [0.4, 0.5) is 0 Å². The summed E-state index contributed by atoms with van der Waals surface area (Å²) in [5, 5.41) is 6.83. The molecule has 8 aromatic carbocycles. The van der Waals surface area contributed by atoms with Gasteiger partial charge in [0.05, 0.1) is 16.7 Å². The van der Waals surface area contributed by atoms with Crippen molar-refractivity contribution in [2.24, 2.45) is 0 Å². The lowest BCUT2D eigenvalue weighted by atomic mass is 9.59. The van der Waals surface area contributed by atoms with E-state index in [1.54, 1.807) is 0 Å². The molecule has 2 aromatic heterocycles. The van der Waals surface area contributed by atoms with Gasteiger partial charge >= 0.3 is 0 Å². The summed E-state index contributed by atoms with van der Waals surface area (Å²) in [7, 11) is 32.5. The van der Waals surface area contributed by atoms with E-state index < -0.39 is 0 Å². The zero-order valence-corrected chi connectivity index (χ0v) is 30.2. The maximum atomic E-state index is 6.70. The average Bonchev–Trinajstić information content (AvgIpc) is 3.75. The van der Waals surface area contributed by atoms with Gasteiger partial charge in [-0.05, 0) is 92.7 Å². The summed E-state index contributed by atoms with van der Waals surface area (Å²) in [5.41, 5.74) is 10.1. The van der Waals surface area contributed by atoms with Crippen LogP contribution in [0.15, 0.2) is 133 Å². The molecule has 0 unspecified atom stereocenters. The third-order valence-corrected chi connectivity index (χ3v) is 12.0. The second-order valence-electron chi connectivity index (χ2n) is 13.8. The van der Waals surface area contributed by atoms with E-state index in [0.29, 0.717) is 16.5 Å². The predicted molar refractivity (Wildman–Crippen MR) is 237 cm³/mol. The van der Waals surface area contributed by atoms with Crippen molar-refractivity contribution in [3.63, 3.8) is 0 Å². The highest BCUT2D eigenvalue weighted by Gasteiger charge is 2.23. The topological polar surface area (TPSA) is 17.8 Å². The molecule has 0 aliphatic carbocycles. The first kappa shape index (κ1) is 32.9. The minimum absolute atomic E-state index is 0.193. The smallest absolute Gasteiger partial charge is 0.113 e. The Bertz CT molecular complexity index is 3170. The number of hydrogen-bond acceptors (Lipinski definition) is 2. The van der Waals surface area contributed by atoms with Crippen LogP contribution in [0.1, 0.15) is 5.82 Å². The van der Waals surface area contributed by atoms with Gasteiger partial charge in [0.2, 0.25) is 0 Å². The summed E-state index contributed by atoms with van der Waals surface area (Å²) in [6.07, 6.45) is 0. The van der Waals surface area contributed by atoms with Gasteiger partial charge in [-0.15, -0.1) is 27.7 Å². The number of rotatable bonds is 4. The van der Waals surface area contributed by atoms with E-state index in [0.717, 1.165) is 71.9 Å². The Hall–Kier alpha value is -5.71. The Kier molecular flexibility index (Phi) is 7.58. The second kappa shape index (κ2) is 12.4. The molecule has 8 heteroatoms. The number of fused-ring (bicyclic) bond motifs is 6. The zero-order valence-electron chi connectivity index (χ0n) is 29.4. The average molecular weight is 692 g/mol. The molecule has 0 saturated heterocycles. The highest BCUT2D eigenvalue weighted by molar-refractivity contribution is 7.26. The Morgan fingerprint density at radius 3 is 1.83 bits per heavy atom. The van der Waals surface area contributed by atoms with Crippen molar-refractivity contribution in [1.29, 1.82) is 0 Å². The van der Waals surface area contributed by atoms with Crippen molar-refractivity contribution in [2.75, 3.05) is 0 Å². The Balaban J connectivity index is 1.39. The fraction of sp³-hybridized carbons (Fsp3) is 0.0217. The van der Waals surface area contributed by atoms with Gasteiger partial charge in [0.15, 0.2) is 0 Å². The molecular weight excluding hydrogens is 667 g/mol. The summed E-state index contributed by atoms with van der Waals surface area (Å²) in [6.45, 7) is 2.06. The van der Waals surface area contributed by atoms with E-state index in [-0.39, 0.29) is 16.4 Å². The maximum absolute atomic E-state index is 6.70. The van der Waals surface area contributed by atoms with Crippen molar-refractivity contribution in [1.82, 2.24) is 9.55 Å². The molecule has 0 aliphatic rings. The largest absolute Gasteiger partial charge is 0.296 e. The van der Waals surface area contributed by atoms with Crippen LogP contribution in [0.2, 0.25) is 0 Å². The summed E-state index contributed by atoms with van der Waals surface area (Å²) in [5.74, 6) is 0.914. The molecule has 10 rings (SSSR count). The fourth-order valence-corrected chi connectivity index (χ4v) is 9.52. The normalized spacial score (nSPS) is 11.8. The molecule has 2 heterocycles. The fourth-order valence-electron chi connectivity index (χ4n) is 8.39. The summed E-state index contributed by atoms with van der Waals surface area (Å²) in [4.78, 5) is 4.94. The monoisotopic (exact) mass is 692 g/mol. The van der Waals surface area contributed by atoms with E-state index in [1.165, 1.54) is 20.2 Å². The van der Waals surface area contributed by atoms with Gasteiger partial charge in [0.1, 0.15) is 45.1 Å². The van der Waals surface area contributed by atoms with Gasteiger partial charge in [0.25, 0.3) is 0 Å². The Morgan fingerprint density at radius 1 is 0.481 bits per heavy atom. The van der Waals surface area contributed by atoms with E-state index in [2.05, 4.69) is 139 Å². The molecular formula is C46H25B5N2S. The standard InChI is InChI=1S/C46H25B5N2S/c1-24-52-33-16-6-8-18-35(33)53(24)34-17-7-4-13-29(34)39-26-11-2-3-12-27(26)40(31-15-10-20-37-41(31)30-14-5-9-19-36(30)54-37)32-23-25(21-22-28(32)39)38-42(47)44(49)46(51)45(50)43(38)48/h2-23H,1H3. The van der Waals surface area contributed by atoms with Crippen molar-refractivity contribution in [3.8, 4) is 39.1 Å². The molecule has 0 atom stereocenters. The molecule has 0 amide bonds. The summed E-state index contributed by atoms with van der Waals surface area (Å²) >= 11 is 1.81. The number of imidazole rings is 1. The minimum atomic E-state index is 0.193. The third kappa shape index (κ3) is 4.76. The van der Waals surface area contributed by atoms with Crippen molar-refractivity contribution in [2.45, 2.75) is 6.92 Å². The summed E-state index contributed by atoms with van der Waals surface area (Å²) < 4.78 is 4.73. The van der Waals surface area contributed by atoms with Crippen LogP contribution in [-0.2, 0) is 0 Å². The molecule has 0 spiro atoms. The Morgan fingerprint density at radius 2 is 1.06 bits per heavy atom. The lowest BCUT2D eigenvalue weighted by Gasteiger charge is -2.24. The van der Waals surface area contributed by atoms with E-state index in [9.17, 15) is 0 Å². The first-order valence-corrected chi connectivity index (χ1v) is 18.6. The minimum Gasteiger partial charge on any atom is -0.296 e. The quantitative estimate of drug-likeness (QED) is 0.144. The molecule has 10 radical (unpaired) electrons. The van der Waals surface area contributed by atoms with Crippen LogP contribution in [0.5, 0.6) is 0 Å². The molecule has 2 nitrogen and oxygen atoms in total. The summed E-state index contributed by atoms with van der Waals surface area (Å²) in [6, 6.07) is 47.2. The van der Waals surface area contributed by atoms with Gasteiger partial charge in [-0.2, -0.15) is 0 Å². The highest BCUT2D eigenvalue weighted by atomic mass is 32.1. The van der Waals surface area contributed by atoms with Crippen LogP contribution in [0.3, 0.4) is 0 Å². The predicted octanol–water partition coefficient (Wildman–Crippen LogP) is 6.98. The van der Waals surface area contributed by atoms with E-state index in [1.807, 2.05) is 17.4 Å².